The minimum absolute atomic E-state index is 0.0677. The van der Waals surface area contributed by atoms with Crippen molar-refractivity contribution in [3.63, 3.8) is 0 Å². The van der Waals surface area contributed by atoms with Crippen LogP contribution in [0.5, 0.6) is 0 Å². The van der Waals surface area contributed by atoms with Gasteiger partial charge in [0.05, 0.1) is 18.5 Å². The van der Waals surface area contributed by atoms with Crippen LogP contribution in [0.2, 0.25) is 5.02 Å². The fourth-order valence-electron chi connectivity index (χ4n) is 3.22. The monoisotopic (exact) mass is 430 g/mol. The molecule has 1 aliphatic heterocycles. The summed E-state index contributed by atoms with van der Waals surface area (Å²) < 4.78 is 32.6. The Labute approximate surface area is 176 Å². The molecule has 1 aliphatic rings. The molecule has 0 fully saturated rings. The zero-order valence-electron chi connectivity index (χ0n) is 15.7. The SMILES string of the molecule is O=C(c1ccco1)N(Cc1ccc(F)cc1F)CC1CC(c2ccc(Cl)cc2)=NO1. The highest BCUT2D eigenvalue weighted by atomic mass is 35.5. The van der Waals surface area contributed by atoms with Crippen LogP contribution in [0.25, 0.3) is 0 Å². The molecule has 0 saturated carbocycles. The van der Waals surface area contributed by atoms with E-state index in [4.69, 9.17) is 20.9 Å². The molecule has 0 N–H and O–H groups in total. The Morgan fingerprint density at radius 1 is 1.17 bits per heavy atom. The molecule has 30 heavy (non-hydrogen) atoms. The molecule has 1 aromatic heterocycles. The van der Waals surface area contributed by atoms with Crippen molar-refractivity contribution >= 4 is 23.2 Å². The lowest BCUT2D eigenvalue weighted by molar-refractivity contribution is 0.0385. The summed E-state index contributed by atoms with van der Waals surface area (Å²) in [6.07, 6.45) is 1.44. The maximum Gasteiger partial charge on any atom is 0.289 e. The number of furan rings is 1. The molecule has 1 unspecified atom stereocenters. The summed E-state index contributed by atoms with van der Waals surface area (Å²) in [4.78, 5) is 19.8. The number of carbonyl (C=O) groups is 1. The summed E-state index contributed by atoms with van der Waals surface area (Å²) in [7, 11) is 0. The third-order valence-electron chi connectivity index (χ3n) is 4.73. The van der Waals surface area contributed by atoms with Crippen molar-refractivity contribution in [1.82, 2.24) is 4.90 Å². The molecular weight excluding hydrogens is 414 g/mol. The first-order valence-corrected chi connectivity index (χ1v) is 9.63. The van der Waals surface area contributed by atoms with Crippen molar-refractivity contribution in [1.29, 1.82) is 0 Å². The summed E-state index contributed by atoms with van der Waals surface area (Å²) in [5.41, 5.74) is 1.79. The topological polar surface area (TPSA) is 55.0 Å². The van der Waals surface area contributed by atoms with Crippen molar-refractivity contribution in [2.24, 2.45) is 5.16 Å². The quantitative estimate of drug-likeness (QED) is 0.550. The van der Waals surface area contributed by atoms with Crippen molar-refractivity contribution in [3.8, 4) is 0 Å². The minimum atomic E-state index is -0.724. The van der Waals surface area contributed by atoms with Gasteiger partial charge in [0, 0.05) is 29.6 Å². The first-order chi connectivity index (χ1) is 14.5. The van der Waals surface area contributed by atoms with Crippen LogP contribution in [-0.2, 0) is 11.4 Å². The van der Waals surface area contributed by atoms with E-state index in [1.165, 1.54) is 23.3 Å². The highest BCUT2D eigenvalue weighted by Crippen LogP contribution is 2.22. The fraction of sp³-hybridized carbons (Fsp3) is 0.182. The van der Waals surface area contributed by atoms with E-state index >= 15 is 0 Å². The summed E-state index contributed by atoms with van der Waals surface area (Å²) in [5, 5.41) is 4.73. The molecule has 1 atom stereocenters. The van der Waals surface area contributed by atoms with Crippen LogP contribution >= 0.6 is 11.6 Å². The minimum Gasteiger partial charge on any atom is -0.459 e. The van der Waals surface area contributed by atoms with Gasteiger partial charge in [-0.15, -0.1) is 0 Å². The van der Waals surface area contributed by atoms with Crippen LogP contribution in [0, 0.1) is 11.6 Å². The molecule has 8 heteroatoms. The normalized spacial score (nSPS) is 15.6. The predicted octanol–water partition coefficient (Wildman–Crippen LogP) is 5.05. The van der Waals surface area contributed by atoms with Crippen molar-refractivity contribution < 1.29 is 22.8 Å². The molecule has 0 radical (unpaired) electrons. The summed E-state index contributed by atoms with van der Waals surface area (Å²) in [6, 6.07) is 13.6. The lowest BCUT2D eigenvalue weighted by Gasteiger charge is -2.24. The van der Waals surface area contributed by atoms with Gasteiger partial charge in [0.25, 0.3) is 5.91 Å². The molecule has 0 aliphatic carbocycles. The maximum atomic E-state index is 14.2. The second kappa shape index (κ2) is 8.67. The van der Waals surface area contributed by atoms with Gasteiger partial charge in [-0.1, -0.05) is 35.0 Å². The number of hydrogen-bond donors (Lipinski definition) is 0. The van der Waals surface area contributed by atoms with Gasteiger partial charge in [0.1, 0.15) is 11.6 Å². The van der Waals surface area contributed by atoms with Crippen molar-refractivity contribution in [3.05, 3.63) is 94.4 Å². The van der Waals surface area contributed by atoms with Crippen LogP contribution in [0.3, 0.4) is 0 Å². The van der Waals surface area contributed by atoms with Gasteiger partial charge in [0.2, 0.25) is 0 Å². The lowest BCUT2D eigenvalue weighted by Crippen LogP contribution is -2.37. The van der Waals surface area contributed by atoms with Gasteiger partial charge >= 0.3 is 0 Å². The van der Waals surface area contributed by atoms with Gasteiger partial charge in [0.15, 0.2) is 11.9 Å². The highest BCUT2D eigenvalue weighted by molar-refractivity contribution is 6.30. The van der Waals surface area contributed by atoms with E-state index in [9.17, 15) is 13.6 Å². The van der Waals surface area contributed by atoms with Gasteiger partial charge < -0.3 is 14.2 Å². The van der Waals surface area contributed by atoms with Crippen LogP contribution in [-0.4, -0.2) is 29.2 Å². The van der Waals surface area contributed by atoms with Crippen molar-refractivity contribution in [2.75, 3.05) is 6.54 Å². The van der Waals surface area contributed by atoms with Gasteiger partial charge in [-0.3, -0.25) is 4.79 Å². The molecule has 0 bridgehead atoms. The number of hydrogen-bond acceptors (Lipinski definition) is 4. The Hall–Kier alpha value is -3.19. The van der Waals surface area contributed by atoms with Crippen LogP contribution in [0.15, 0.2) is 70.4 Å². The molecule has 5 nitrogen and oxygen atoms in total. The molecule has 0 spiro atoms. The van der Waals surface area contributed by atoms with Gasteiger partial charge in [-0.25, -0.2) is 8.78 Å². The number of amides is 1. The van der Waals surface area contributed by atoms with Crippen LogP contribution in [0.4, 0.5) is 8.78 Å². The zero-order chi connectivity index (χ0) is 21.1. The lowest BCUT2D eigenvalue weighted by atomic mass is 10.0. The fourth-order valence-corrected chi connectivity index (χ4v) is 3.34. The van der Waals surface area contributed by atoms with E-state index in [2.05, 4.69) is 5.16 Å². The summed E-state index contributed by atoms with van der Waals surface area (Å²) >= 11 is 5.92. The molecular formula is C22H17ClF2N2O3. The number of benzene rings is 2. The molecule has 4 rings (SSSR count). The first kappa shape index (κ1) is 20.1. The average Bonchev–Trinajstić information content (AvgIpc) is 3.42. The van der Waals surface area contributed by atoms with Crippen LogP contribution < -0.4 is 0 Å². The average molecular weight is 431 g/mol. The van der Waals surface area contributed by atoms with Gasteiger partial charge in [-0.05, 0) is 35.9 Å². The third kappa shape index (κ3) is 4.52. The maximum absolute atomic E-state index is 14.2. The molecule has 1 amide bonds. The second-order valence-corrected chi connectivity index (χ2v) is 7.31. The Kier molecular flexibility index (Phi) is 5.81. The summed E-state index contributed by atoms with van der Waals surface area (Å²) in [5.74, 6) is -1.71. The third-order valence-corrected chi connectivity index (χ3v) is 4.98. The Balaban J connectivity index is 1.50. The summed E-state index contributed by atoms with van der Waals surface area (Å²) in [6.45, 7) is 0.0821. The zero-order valence-corrected chi connectivity index (χ0v) is 16.5. The number of rotatable bonds is 6. The number of halogens is 3. The van der Waals surface area contributed by atoms with Crippen molar-refractivity contribution in [2.45, 2.75) is 19.1 Å². The molecule has 0 saturated heterocycles. The Morgan fingerprint density at radius 3 is 2.67 bits per heavy atom. The van der Waals surface area contributed by atoms with E-state index in [-0.39, 0.29) is 24.4 Å². The standard InChI is InChI=1S/C22H17ClF2N2O3/c23-16-6-3-14(4-7-16)20-11-18(30-26-20)13-27(22(28)21-2-1-9-29-21)12-15-5-8-17(24)10-19(15)25/h1-10,18H,11-13H2. The number of oxime groups is 1. The van der Waals surface area contributed by atoms with E-state index in [0.717, 1.165) is 23.4 Å². The Morgan fingerprint density at radius 2 is 1.97 bits per heavy atom. The second-order valence-electron chi connectivity index (χ2n) is 6.88. The predicted molar refractivity (Wildman–Crippen MR) is 107 cm³/mol. The van der Waals surface area contributed by atoms with E-state index in [1.807, 2.05) is 12.1 Å². The smallest absolute Gasteiger partial charge is 0.289 e. The molecule has 154 valence electrons. The highest BCUT2D eigenvalue weighted by Gasteiger charge is 2.29. The Bertz CT molecular complexity index is 1070. The molecule has 3 aromatic rings. The van der Waals surface area contributed by atoms with E-state index in [1.54, 1.807) is 18.2 Å². The molecule has 2 heterocycles. The van der Waals surface area contributed by atoms with Crippen LogP contribution in [0.1, 0.15) is 28.1 Å². The number of nitrogens with zero attached hydrogens (tertiary/aromatic N) is 2. The van der Waals surface area contributed by atoms with E-state index in [0.29, 0.717) is 11.4 Å². The van der Waals surface area contributed by atoms with Gasteiger partial charge in [-0.2, -0.15) is 0 Å². The number of carbonyl (C=O) groups excluding carboxylic acids is 1. The first-order valence-electron chi connectivity index (χ1n) is 9.25. The molecule has 2 aromatic carbocycles. The largest absolute Gasteiger partial charge is 0.459 e. The van der Waals surface area contributed by atoms with E-state index < -0.39 is 23.6 Å².